The lowest BCUT2D eigenvalue weighted by Gasteiger charge is -2.50. The topological polar surface area (TPSA) is 57.8 Å². The standard InChI is InChI=1S/C21H19N3O/c1-21(19(25)24-20-22-10-11-23-20)12-17-13-6-2-4-8-15(13)18(21)16-9-5-3-7-14(16)17/h2-11,17-18H,12H2,1H3,(H2,22,23,24,25). The van der Waals surface area contributed by atoms with E-state index in [0.717, 1.165) is 6.42 Å². The van der Waals surface area contributed by atoms with E-state index in [2.05, 4.69) is 70.7 Å². The van der Waals surface area contributed by atoms with Crippen LogP contribution in [-0.2, 0) is 4.79 Å². The largest absolute Gasteiger partial charge is 0.331 e. The highest BCUT2D eigenvalue weighted by Gasteiger charge is 2.53. The van der Waals surface area contributed by atoms with Crippen LogP contribution in [0.25, 0.3) is 0 Å². The lowest BCUT2D eigenvalue weighted by Crippen LogP contribution is -2.47. The normalized spacial score (nSPS) is 26.0. The molecule has 1 unspecified atom stereocenters. The van der Waals surface area contributed by atoms with Gasteiger partial charge in [-0.3, -0.25) is 10.1 Å². The number of hydrogen-bond acceptors (Lipinski definition) is 2. The third-order valence-electron chi connectivity index (χ3n) is 5.88. The zero-order valence-electron chi connectivity index (χ0n) is 14.0. The van der Waals surface area contributed by atoms with Gasteiger partial charge in [0.25, 0.3) is 0 Å². The van der Waals surface area contributed by atoms with Gasteiger partial charge in [0.1, 0.15) is 0 Å². The van der Waals surface area contributed by atoms with Crippen LogP contribution >= 0.6 is 0 Å². The Balaban J connectivity index is 1.65. The van der Waals surface area contributed by atoms with Gasteiger partial charge in [-0.1, -0.05) is 48.5 Å². The maximum Gasteiger partial charge on any atom is 0.233 e. The number of amides is 1. The van der Waals surface area contributed by atoms with Gasteiger partial charge in [0.15, 0.2) is 0 Å². The van der Waals surface area contributed by atoms with Crippen molar-refractivity contribution < 1.29 is 4.79 Å². The fraction of sp³-hybridized carbons (Fsp3) is 0.238. The van der Waals surface area contributed by atoms with Crippen molar-refractivity contribution in [3.8, 4) is 0 Å². The number of aromatic nitrogens is 2. The molecule has 1 atom stereocenters. The fourth-order valence-corrected chi connectivity index (χ4v) is 4.77. The molecule has 4 heteroatoms. The minimum atomic E-state index is -0.500. The summed E-state index contributed by atoms with van der Waals surface area (Å²) in [4.78, 5) is 20.3. The van der Waals surface area contributed by atoms with Gasteiger partial charge in [0.05, 0.1) is 5.41 Å². The van der Waals surface area contributed by atoms with E-state index in [1.165, 1.54) is 22.3 Å². The Kier molecular flexibility index (Phi) is 2.93. The summed E-state index contributed by atoms with van der Waals surface area (Å²) in [6.07, 6.45) is 4.18. The van der Waals surface area contributed by atoms with E-state index in [4.69, 9.17) is 0 Å². The van der Waals surface area contributed by atoms with Gasteiger partial charge in [-0.25, -0.2) is 4.98 Å². The zero-order chi connectivity index (χ0) is 17.0. The second kappa shape index (κ2) is 5.06. The highest BCUT2D eigenvalue weighted by molar-refractivity contribution is 5.96. The van der Waals surface area contributed by atoms with E-state index < -0.39 is 5.41 Å². The monoisotopic (exact) mass is 329 g/mol. The van der Waals surface area contributed by atoms with Crippen molar-refractivity contribution in [1.82, 2.24) is 9.97 Å². The summed E-state index contributed by atoms with van der Waals surface area (Å²) < 4.78 is 0. The van der Waals surface area contributed by atoms with E-state index in [1.807, 2.05) is 0 Å². The molecule has 3 aliphatic carbocycles. The van der Waals surface area contributed by atoms with Gasteiger partial charge in [-0.05, 0) is 35.6 Å². The molecule has 0 saturated heterocycles. The molecular weight excluding hydrogens is 310 g/mol. The third-order valence-corrected chi connectivity index (χ3v) is 5.88. The molecule has 0 radical (unpaired) electrons. The number of H-pyrrole nitrogens is 1. The van der Waals surface area contributed by atoms with Gasteiger partial charge in [-0.15, -0.1) is 0 Å². The Labute approximate surface area is 146 Å². The Morgan fingerprint density at radius 1 is 1.08 bits per heavy atom. The van der Waals surface area contributed by atoms with E-state index >= 15 is 0 Å². The van der Waals surface area contributed by atoms with E-state index in [9.17, 15) is 4.79 Å². The van der Waals surface area contributed by atoms with Crippen molar-refractivity contribution in [2.75, 3.05) is 5.32 Å². The summed E-state index contributed by atoms with van der Waals surface area (Å²) in [6.45, 7) is 2.09. The van der Waals surface area contributed by atoms with Crippen LogP contribution in [0.2, 0.25) is 0 Å². The summed E-state index contributed by atoms with van der Waals surface area (Å²) in [5, 5.41) is 2.97. The van der Waals surface area contributed by atoms with Crippen molar-refractivity contribution in [3.05, 3.63) is 83.2 Å². The molecule has 124 valence electrons. The van der Waals surface area contributed by atoms with Crippen molar-refractivity contribution in [1.29, 1.82) is 0 Å². The van der Waals surface area contributed by atoms with Crippen LogP contribution in [0.3, 0.4) is 0 Å². The van der Waals surface area contributed by atoms with Crippen LogP contribution in [0, 0.1) is 5.41 Å². The van der Waals surface area contributed by atoms with E-state index in [-0.39, 0.29) is 17.7 Å². The van der Waals surface area contributed by atoms with E-state index in [1.54, 1.807) is 12.4 Å². The minimum absolute atomic E-state index is 0.0291. The van der Waals surface area contributed by atoms with Crippen molar-refractivity contribution in [2.45, 2.75) is 25.2 Å². The Bertz CT molecular complexity index is 915. The molecule has 2 bridgehead atoms. The highest BCUT2D eigenvalue weighted by atomic mass is 16.2. The second-order valence-corrected chi connectivity index (χ2v) is 7.26. The second-order valence-electron chi connectivity index (χ2n) is 7.26. The number of nitrogens with one attached hydrogen (secondary N) is 2. The number of carbonyl (C=O) groups is 1. The highest BCUT2D eigenvalue weighted by Crippen LogP contribution is 2.61. The molecule has 25 heavy (non-hydrogen) atoms. The zero-order valence-corrected chi connectivity index (χ0v) is 14.0. The minimum Gasteiger partial charge on any atom is -0.331 e. The lowest BCUT2D eigenvalue weighted by molar-refractivity contribution is -0.126. The average Bonchev–Trinajstić information content (AvgIpc) is 3.15. The smallest absolute Gasteiger partial charge is 0.233 e. The molecule has 3 aliphatic rings. The summed E-state index contributed by atoms with van der Waals surface area (Å²) in [6, 6.07) is 17.1. The molecule has 2 N–H and O–H groups in total. The van der Waals surface area contributed by atoms with Crippen LogP contribution in [0.1, 0.15) is 47.4 Å². The lowest BCUT2D eigenvalue weighted by atomic mass is 9.52. The number of imidazole rings is 1. The van der Waals surface area contributed by atoms with E-state index in [0.29, 0.717) is 5.95 Å². The van der Waals surface area contributed by atoms with Gasteiger partial charge in [-0.2, -0.15) is 0 Å². The first-order chi connectivity index (χ1) is 12.2. The average molecular weight is 329 g/mol. The maximum absolute atomic E-state index is 13.2. The van der Waals surface area contributed by atoms with Gasteiger partial charge < -0.3 is 4.98 Å². The van der Waals surface area contributed by atoms with Crippen LogP contribution in [0.5, 0.6) is 0 Å². The molecule has 0 fully saturated rings. The van der Waals surface area contributed by atoms with Gasteiger partial charge in [0, 0.05) is 24.2 Å². The Morgan fingerprint density at radius 2 is 1.68 bits per heavy atom. The third kappa shape index (κ3) is 1.94. The molecule has 3 aromatic rings. The molecule has 6 rings (SSSR count). The predicted molar refractivity (Wildman–Crippen MR) is 96.5 cm³/mol. The number of hydrogen-bond donors (Lipinski definition) is 2. The van der Waals surface area contributed by atoms with Crippen LogP contribution in [0.4, 0.5) is 5.95 Å². The summed E-state index contributed by atoms with van der Waals surface area (Å²) in [5.41, 5.74) is 4.81. The first-order valence-electron chi connectivity index (χ1n) is 8.67. The fourth-order valence-electron chi connectivity index (χ4n) is 4.77. The number of anilines is 1. The predicted octanol–water partition coefficient (Wildman–Crippen LogP) is 4.04. The molecule has 0 aliphatic heterocycles. The number of nitrogens with zero attached hydrogens (tertiary/aromatic N) is 1. The van der Waals surface area contributed by atoms with Crippen molar-refractivity contribution in [3.63, 3.8) is 0 Å². The number of carbonyl (C=O) groups excluding carboxylic acids is 1. The van der Waals surface area contributed by atoms with Crippen LogP contribution in [-0.4, -0.2) is 15.9 Å². The summed E-state index contributed by atoms with van der Waals surface area (Å²) >= 11 is 0. The first kappa shape index (κ1) is 14.5. The summed E-state index contributed by atoms with van der Waals surface area (Å²) in [5.74, 6) is 0.875. The molecule has 4 nitrogen and oxygen atoms in total. The molecular formula is C21H19N3O. The molecule has 0 spiro atoms. The SMILES string of the molecule is CC1(C(=O)Nc2ncc[nH]2)CC2c3ccccc3C1c1ccccc12. The van der Waals surface area contributed by atoms with Gasteiger partial charge in [0.2, 0.25) is 11.9 Å². The molecule has 0 saturated carbocycles. The van der Waals surface area contributed by atoms with Crippen molar-refractivity contribution in [2.24, 2.45) is 5.41 Å². The number of benzene rings is 2. The number of fused-ring (bicyclic) bond motifs is 1. The first-order valence-corrected chi connectivity index (χ1v) is 8.67. The number of aromatic amines is 1. The Hall–Kier alpha value is -2.88. The molecule has 1 amide bonds. The van der Waals surface area contributed by atoms with Gasteiger partial charge >= 0.3 is 0 Å². The Morgan fingerprint density at radius 3 is 2.24 bits per heavy atom. The van der Waals surface area contributed by atoms with Crippen LogP contribution < -0.4 is 5.32 Å². The molecule has 2 aromatic carbocycles. The molecule has 1 aromatic heterocycles. The summed E-state index contributed by atoms with van der Waals surface area (Å²) in [7, 11) is 0. The van der Waals surface area contributed by atoms with Crippen molar-refractivity contribution >= 4 is 11.9 Å². The van der Waals surface area contributed by atoms with Crippen LogP contribution in [0.15, 0.2) is 60.9 Å². The maximum atomic E-state index is 13.2. The number of rotatable bonds is 2. The quantitative estimate of drug-likeness (QED) is 0.745. The molecule has 1 heterocycles.